The Labute approximate surface area is 74.8 Å². The lowest BCUT2D eigenvalue weighted by molar-refractivity contribution is -0.136. The second-order valence-electron chi connectivity index (χ2n) is 2.37. The summed E-state index contributed by atoms with van der Waals surface area (Å²) in [6.07, 6.45) is 1.94. The van der Waals surface area contributed by atoms with Gasteiger partial charge in [-0.05, 0) is 18.4 Å². The van der Waals surface area contributed by atoms with Gasteiger partial charge in [0.25, 0.3) is 0 Å². The first-order valence-electron chi connectivity index (χ1n) is 3.50. The van der Waals surface area contributed by atoms with Crippen molar-refractivity contribution in [1.29, 1.82) is 0 Å². The van der Waals surface area contributed by atoms with Crippen LogP contribution in [0, 0.1) is 0 Å². The van der Waals surface area contributed by atoms with Crippen LogP contribution in [-0.4, -0.2) is 17.3 Å². The second-order valence-corrected chi connectivity index (χ2v) is 3.24. The molecule has 0 saturated carbocycles. The Balaban J connectivity index is 2.58. The average Bonchev–Trinajstić information content (AvgIpc) is 2.36. The molecule has 0 spiro atoms. The highest BCUT2D eigenvalue weighted by molar-refractivity contribution is 7.97. The molecule has 12 heavy (non-hydrogen) atoms. The monoisotopic (exact) mass is 186 g/mol. The summed E-state index contributed by atoms with van der Waals surface area (Å²) < 4.78 is 5.23. The van der Waals surface area contributed by atoms with E-state index in [0.717, 1.165) is 11.5 Å². The van der Waals surface area contributed by atoms with E-state index in [1.165, 1.54) is 0 Å². The fourth-order valence-electron chi connectivity index (χ4n) is 0.886. The van der Waals surface area contributed by atoms with Crippen molar-refractivity contribution in [3.63, 3.8) is 0 Å². The minimum absolute atomic E-state index is 0.0334. The third kappa shape index (κ3) is 2.62. The van der Waals surface area contributed by atoms with Crippen molar-refractivity contribution in [2.45, 2.75) is 12.2 Å². The largest absolute Gasteiger partial charge is 0.481 e. The molecule has 0 aliphatic rings. The fraction of sp³-hybridized carbons (Fsp3) is 0.375. The van der Waals surface area contributed by atoms with Crippen LogP contribution in [0.4, 0.5) is 0 Å². The van der Waals surface area contributed by atoms with Crippen LogP contribution in [-0.2, 0) is 17.0 Å². The molecule has 1 aromatic heterocycles. The number of carboxylic acid groups (broad SMARTS) is 1. The van der Waals surface area contributed by atoms with Gasteiger partial charge in [0, 0.05) is 0 Å². The van der Waals surface area contributed by atoms with Gasteiger partial charge in [0.05, 0.1) is 5.75 Å². The Morgan fingerprint density at radius 3 is 2.83 bits per heavy atom. The molecule has 0 aliphatic carbocycles. The van der Waals surface area contributed by atoms with Gasteiger partial charge in [-0.1, -0.05) is 0 Å². The normalized spacial score (nSPS) is 10.1. The smallest absolute Gasteiger partial charge is 0.311 e. The van der Waals surface area contributed by atoms with Gasteiger partial charge in [0.1, 0.15) is 17.9 Å². The van der Waals surface area contributed by atoms with Crippen LogP contribution in [0.15, 0.2) is 16.5 Å². The van der Waals surface area contributed by atoms with Crippen LogP contribution in [0.25, 0.3) is 0 Å². The van der Waals surface area contributed by atoms with Crippen molar-refractivity contribution in [2.75, 3.05) is 6.26 Å². The van der Waals surface area contributed by atoms with Gasteiger partial charge in [-0.2, -0.15) is 11.8 Å². The number of carboxylic acids is 1. The third-order valence-electron chi connectivity index (χ3n) is 1.33. The molecule has 0 aromatic carbocycles. The first kappa shape index (κ1) is 9.19. The minimum Gasteiger partial charge on any atom is -0.481 e. The van der Waals surface area contributed by atoms with Crippen LogP contribution in [0.2, 0.25) is 0 Å². The number of hydrogen-bond donors (Lipinski definition) is 1. The first-order valence-corrected chi connectivity index (χ1v) is 4.90. The van der Waals surface area contributed by atoms with Crippen molar-refractivity contribution in [1.82, 2.24) is 0 Å². The van der Waals surface area contributed by atoms with Gasteiger partial charge in [-0.15, -0.1) is 0 Å². The molecule has 0 aliphatic heterocycles. The molecule has 0 bridgehead atoms. The Hall–Kier alpha value is -0.900. The molecule has 3 nitrogen and oxygen atoms in total. The minimum atomic E-state index is -0.861. The summed E-state index contributed by atoms with van der Waals surface area (Å²) in [5.41, 5.74) is 0. The topological polar surface area (TPSA) is 50.4 Å². The summed E-state index contributed by atoms with van der Waals surface area (Å²) in [7, 11) is 0. The highest BCUT2D eigenvalue weighted by Gasteiger charge is 2.05. The van der Waals surface area contributed by atoms with Gasteiger partial charge < -0.3 is 9.52 Å². The highest BCUT2D eigenvalue weighted by atomic mass is 32.2. The standard InChI is InChI=1S/C8H10O3S/c1-12-5-7-3-2-6(11-7)4-8(9)10/h2-3H,4-5H2,1H3,(H,9,10). The van der Waals surface area contributed by atoms with Crippen LogP contribution < -0.4 is 0 Å². The summed E-state index contributed by atoms with van der Waals surface area (Å²) >= 11 is 1.65. The maximum absolute atomic E-state index is 10.3. The van der Waals surface area contributed by atoms with E-state index in [9.17, 15) is 4.79 Å². The maximum atomic E-state index is 10.3. The molecule has 0 atom stereocenters. The van der Waals surface area contributed by atoms with Crippen molar-refractivity contribution in [3.05, 3.63) is 23.7 Å². The van der Waals surface area contributed by atoms with Crippen molar-refractivity contribution in [3.8, 4) is 0 Å². The number of hydrogen-bond acceptors (Lipinski definition) is 3. The van der Waals surface area contributed by atoms with Gasteiger partial charge >= 0.3 is 5.97 Å². The third-order valence-corrected chi connectivity index (χ3v) is 1.90. The predicted octanol–water partition coefficient (Wildman–Crippen LogP) is 1.77. The molecule has 0 amide bonds. The average molecular weight is 186 g/mol. The summed E-state index contributed by atoms with van der Waals surface area (Å²) in [6.45, 7) is 0. The molecule has 1 heterocycles. The number of carbonyl (C=O) groups is 1. The first-order chi connectivity index (χ1) is 5.72. The lowest BCUT2D eigenvalue weighted by Crippen LogP contribution is -1.97. The molecule has 0 unspecified atom stereocenters. The lowest BCUT2D eigenvalue weighted by atomic mass is 10.3. The van der Waals surface area contributed by atoms with E-state index in [-0.39, 0.29) is 6.42 Å². The van der Waals surface area contributed by atoms with Gasteiger partial charge in [0.15, 0.2) is 0 Å². The quantitative estimate of drug-likeness (QED) is 0.778. The molecular weight excluding hydrogens is 176 g/mol. The van der Waals surface area contributed by atoms with Crippen LogP contribution in [0.1, 0.15) is 11.5 Å². The number of rotatable bonds is 4. The molecule has 0 radical (unpaired) electrons. The predicted molar refractivity (Wildman–Crippen MR) is 47.3 cm³/mol. The number of thioether (sulfide) groups is 1. The van der Waals surface area contributed by atoms with E-state index in [4.69, 9.17) is 9.52 Å². The van der Waals surface area contributed by atoms with Crippen molar-refractivity contribution in [2.24, 2.45) is 0 Å². The Kier molecular flexibility index (Phi) is 3.22. The van der Waals surface area contributed by atoms with Crippen molar-refractivity contribution >= 4 is 17.7 Å². The van der Waals surface area contributed by atoms with E-state index in [2.05, 4.69) is 0 Å². The molecule has 66 valence electrons. The summed E-state index contributed by atoms with van der Waals surface area (Å²) in [4.78, 5) is 10.3. The molecule has 1 N–H and O–H groups in total. The zero-order valence-corrected chi connectivity index (χ0v) is 7.56. The number of furan rings is 1. The fourth-order valence-corrected chi connectivity index (χ4v) is 1.33. The summed E-state index contributed by atoms with van der Waals surface area (Å²) in [6, 6.07) is 3.52. The van der Waals surface area contributed by atoms with Crippen molar-refractivity contribution < 1.29 is 14.3 Å². The molecule has 0 fully saturated rings. The summed E-state index contributed by atoms with van der Waals surface area (Å²) in [5.74, 6) is 1.28. The Bertz CT molecular complexity index is 267. The molecule has 0 saturated heterocycles. The number of aliphatic carboxylic acids is 1. The molecule has 1 aromatic rings. The Morgan fingerprint density at radius 1 is 1.58 bits per heavy atom. The van der Waals surface area contributed by atoms with E-state index in [1.807, 2.05) is 12.3 Å². The Morgan fingerprint density at radius 2 is 2.25 bits per heavy atom. The maximum Gasteiger partial charge on any atom is 0.311 e. The van der Waals surface area contributed by atoms with Gasteiger partial charge in [0.2, 0.25) is 0 Å². The van der Waals surface area contributed by atoms with E-state index in [1.54, 1.807) is 17.8 Å². The zero-order valence-electron chi connectivity index (χ0n) is 6.74. The SMILES string of the molecule is CSCc1ccc(CC(=O)O)o1. The zero-order chi connectivity index (χ0) is 8.97. The summed E-state index contributed by atoms with van der Waals surface area (Å²) in [5, 5.41) is 8.44. The molecular formula is C8H10O3S. The van der Waals surface area contributed by atoms with Crippen LogP contribution in [0.5, 0.6) is 0 Å². The highest BCUT2D eigenvalue weighted by Crippen LogP contribution is 2.13. The van der Waals surface area contributed by atoms with Crippen LogP contribution >= 0.6 is 11.8 Å². The van der Waals surface area contributed by atoms with Gasteiger partial charge in [-0.25, -0.2) is 0 Å². The van der Waals surface area contributed by atoms with E-state index in [0.29, 0.717) is 5.76 Å². The second kappa shape index (κ2) is 4.21. The van der Waals surface area contributed by atoms with E-state index < -0.39 is 5.97 Å². The van der Waals surface area contributed by atoms with Crippen LogP contribution in [0.3, 0.4) is 0 Å². The molecule has 4 heteroatoms. The molecule has 1 rings (SSSR count). The van der Waals surface area contributed by atoms with Gasteiger partial charge in [-0.3, -0.25) is 4.79 Å². The van der Waals surface area contributed by atoms with E-state index >= 15 is 0 Å². The lowest BCUT2D eigenvalue weighted by Gasteiger charge is -1.91.